The zero-order valence-electron chi connectivity index (χ0n) is 16.0. The van der Waals surface area contributed by atoms with Gasteiger partial charge in [0.1, 0.15) is 11.4 Å². The van der Waals surface area contributed by atoms with Crippen LogP contribution in [-0.2, 0) is 0 Å². The highest BCUT2D eigenvalue weighted by molar-refractivity contribution is 7.14. The molecular formula is C22H24FN3OS. The van der Waals surface area contributed by atoms with Crippen molar-refractivity contribution in [2.45, 2.75) is 39.0 Å². The second kappa shape index (κ2) is 8.69. The Bertz CT molecular complexity index is 923. The molecule has 3 aromatic rings. The topological polar surface area (TPSA) is 47.0 Å². The molecule has 0 radical (unpaired) electrons. The summed E-state index contributed by atoms with van der Waals surface area (Å²) in [5.74, 6) is 1.53. The van der Waals surface area contributed by atoms with Crippen LogP contribution in [0.5, 0.6) is 5.75 Å². The number of hydrogen-bond acceptors (Lipinski definition) is 5. The van der Waals surface area contributed by atoms with Gasteiger partial charge >= 0.3 is 0 Å². The summed E-state index contributed by atoms with van der Waals surface area (Å²) in [7, 11) is 0. The maximum absolute atomic E-state index is 14.3. The van der Waals surface area contributed by atoms with E-state index in [4.69, 9.17) is 4.74 Å². The standard InChI is InChI=1S/C22H24FN3OS/c1-15-9-10-18(12-19(15)27-14-16-6-3-2-4-7-16)25-22-26-20(21(23)28-22)17-8-5-11-24-13-17/h5,8-13,16H,2-4,6-7,14H2,1H3,(H,25,26). The van der Waals surface area contributed by atoms with Crippen molar-refractivity contribution >= 4 is 22.2 Å². The summed E-state index contributed by atoms with van der Waals surface area (Å²) < 4.78 is 20.4. The van der Waals surface area contributed by atoms with E-state index < -0.39 is 0 Å². The van der Waals surface area contributed by atoms with Crippen LogP contribution < -0.4 is 10.1 Å². The number of aromatic nitrogens is 2. The van der Waals surface area contributed by atoms with Crippen LogP contribution in [0, 0.1) is 18.0 Å². The number of anilines is 2. The van der Waals surface area contributed by atoms with E-state index in [2.05, 4.69) is 15.3 Å². The van der Waals surface area contributed by atoms with E-state index in [-0.39, 0.29) is 5.13 Å². The normalized spacial score (nSPS) is 14.8. The molecule has 28 heavy (non-hydrogen) atoms. The molecule has 4 nitrogen and oxygen atoms in total. The molecule has 0 saturated heterocycles. The second-order valence-corrected chi connectivity index (χ2v) is 8.25. The minimum absolute atomic E-state index is 0.321. The molecule has 1 saturated carbocycles. The fraction of sp³-hybridized carbons (Fsp3) is 0.364. The average Bonchev–Trinajstić information content (AvgIpc) is 3.10. The Kier molecular flexibility index (Phi) is 5.86. The Morgan fingerprint density at radius 2 is 2.07 bits per heavy atom. The first-order valence-electron chi connectivity index (χ1n) is 9.76. The largest absolute Gasteiger partial charge is 0.493 e. The predicted molar refractivity (Wildman–Crippen MR) is 112 cm³/mol. The van der Waals surface area contributed by atoms with Gasteiger partial charge in [-0.1, -0.05) is 36.7 Å². The molecule has 1 aliphatic carbocycles. The summed E-state index contributed by atoms with van der Waals surface area (Å²) in [5, 5.41) is 3.40. The molecule has 0 atom stereocenters. The molecule has 0 unspecified atom stereocenters. The van der Waals surface area contributed by atoms with Gasteiger partial charge in [0, 0.05) is 29.7 Å². The van der Waals surface area contributed by atoms with Crippen molar-refractivity contribution in [1.29, 1.82) is 0 Å². The van der Waals surface area contributed by atoms with Crippen LogP contribution in [-0.4, -0.2) is 16.6 Å². The lowest BCUT2D eigenvalue weighted by molar-refractivity contribution is 0.208. The third kappa shape index (κ3) is 4.50. The van der Waals surface area contributed by atoms with Gasteiger partial charge in [-0.3, -0.25) is 4.98 Å². The second-order valence-electron chi connectivity index (χ2n) is 7.30. The van der Waals surface area contributed by atoms with Gasteiger partial charge in [-0.15, -0.1) is 0 Å². The first kappa shape index (κ1) is 18.9. The number of hydrogen-bond donors (Lipinski definition) is 1. The maximum Gasteiger partial charge on any atom is 0.206 e. The van der Waals surface area contributed by atoms with Gasteiger partial charge in [0.25, 0.3) is 0 Å². The van der Waals surface area contributed by atoms with Crippen LogP contribution in [0.15, 0.2) is 42.7 Å². The van der Waals surface area contributed by atoms with E-state index in [1.807, 2.05) is 25.1 Å². The van der Waals surface area contributed by atoms with Crippen molar-refractivity contribution in [3.63, 3.8) is 0 Å². The predicted octanol–water partition coefficient (Wildman–Crippen LogP) is 6.36. The minimum Gasteiger partial charge on any atom is -0.493 e. The van der Waals surface area contributed by atoms with Gasteiger partial charge in [-0.25, -0.2) is 4.98 Å². The van der Waals surface area contributed by atoms with Crippen molar-refractivity contribution in [3.8, 4) is 17.0 Å². The summed E-state index contributed by atoms with van der Waals surface area (Å²) in [6.07, 6.45) is 9.76. The molecule has 1 aromatic carbocycles. The molecule has 1 fully saturated rings. The fourth-order valence-electron chi connectivity index (χ4n) is 3.55. The van der Waals surface area contributed by atoms with Crippen LogP contribution in [0.2, 0.25) is 0 Å². The van der Waals surface area contributed by atoms with Crippen molar-refractivity contribution in [2.24, 2.45) is 5.92 Å². The number of halogens is 1. The van der Waals surface area contributed by atoms with Crippen molar-refractivity contribution in [1.82, 2.24) is 9.97 Å². The zero-order chi connectivity index (χ0) is 19.3. The molecule has 0 spiro atoms. The smallest absolute Gasteiger partial charge is 0.206 e. The lowest BCUT2D eigenvalue weighted by atomic mass is 9.90. The number of pyridine rings is 1. The Morgan fingerprint density at radius 1 is 1.21 bits per heavy atom. The van der Waals surface area contributed by atoms with Crippen molar-refractivity contribution < 1.29 is 9.13 Å². The SMILES string of the molecule is Cc1ccc(Nc2nc(-c3cccnc3)c(F)s2)cc1OCC1CCCCC1. The molecule has 0 bridgehead atoms. The summed E-state index contributed by atoms with van der Waals surface area (Å²) in [4.78, 5) is 8.44. The van der Waals surface area contributed by atoms with Crippen molar-refractivity contribution in [2.75, 3.05) is 11.9 Å². The third-order valence-corrected chi connectivity index (χ3v) is 5.92. The molecule has 6 heteroatoms. The van der Waals surface area contributed by atoms with Crippen LogP contribution >= 0.6 is 11.3 Å². The summed E-state index contributed by atoms with van der Waals surface area (Å²) in [5.41, 5.74) is 2.93. The number of nitrogens with zero attached hydrogens (tertiary/aromatic N) is 2. The van der Waals surface area contributed by atoms with E-state index in [1.165, 1.54) is 32.1 Å². The molecule has 1 aliphatic rings. The first-order valence-corrected chi connectivity index (χ1v) is 10.6. The Balaban J connectivity index is 1.46. The van der Waals surface area contributed by atoms with E-state index in [9.17, 15) is 4.39 Å². The van der Waals surface area contributed by atoms with E-state index in [0.717, 1.165) is 34.9 Å². The van der Waals surface area contributed by atoms with Crippen LogP contribution in [0.1, 0.15) is 37.7 Å². The van der Waals surface area contributed by atoms with Gasteiger partial charge in [0.05, 0.1) is 6.61 Å². The van der Waals surface area contributed by atoms with Crippen LogP contribution in [0.3, 0.4) is 0 Å². The first-order chi connectivity index (χ1) is 13.7. The van der Waals surface area contributed by atoms with E-state index in [1.54, 1.807) is 24.5 Å². The van der Waals surface area contributed by atoms with E-state index >= 15 is 0 Å². The highest BCUT2D eigenvalue weighted by Gasteiger charge is 2.16. The highest BCUT2D eigenvalue weighted by atomic mass is 32.1. The van der Waals surface area contributed by atoms with Gasteiger partial charge < -0.3 is 10.1 Å². The number of aryl methyl sites for hydroxylation is 1. The number of ether oxygens (including phenoxy) is 1. The molecular weight excluding hydrogens is 373 g/mol. The number of thiazole rings is 1. The van der Waals surface area contributed by atoms with Gasteiger partial charge in [0.2, 0.25) is 5.13 Å². The van der Waals surface area contributed by atoms with Gasteiger partial charge in [-0.05, 0) is 49.4 Å². The Labute approximate surface area is 168 Å². The lowest BCUT2D eigenvalue weighted by Gasteiger charge is -2.22. The molecule has 0 aliphatic heterocycles. The summed E-state index contributed by atoms with van der Waals surface area (Å²) in [6, 6.07) is 9.53. The van der Waals surface area contributed by atoms with Crippen LogP contribution in [0.25, 0.3) is 11.3 Å². The fourth-order valence-corrected chi connectivity index (χ4v) is 4.29. The molecule has 146 valence electrons. The Morgan fingerprint density at radius 3 is 2.86 bits per heavy atom. The number of benzene rings is 1. The molecule has 4 rings (SSSR count). The minimum atomic E-state index is -0.323. The van der Waals surface area contributed by atoms with Crippen LogP contribution in [0.4, 0.5) is 15.2 Å². The summed E-state index contributed by atoms with van der Waals surface area (Å²) >= 11 is 0.993. The Hall–Kier alpha value is -2.47. The maximum atomic E-state index is 14.3. The molecule has 2 aromatic heterocycles. The van der Waals surface area contributed by atoms with Crippen molar-refractivity contribution in [3.05, 3.63) is 53.4 Å². The van der Waals surface area contributed by atoms with Gasteiger partial charge in [0.15, 0.2) is 5.13 Å². The monoisotopic (exact) mass is 397 g/mol. The lowest BCUT2D eigenvalue weighted by Crippen LogP contribution is -2.15. The van der Waals surface area contributed by atoms with Gasteiger partial charge in [-0.2, -0.15) is 4.39 Å². The number of rotatable bonds is 6. The third-order valence-electron chi connectivity index (χ3n) is 5.16. The summed E-state index contributed by atoms with van der Waals surface area (Å²) in [6.45, 7) is 2.81. The molecule has 1 N–H and O–H groups in total. The zero-order valence-corrected chi connectivity index (χ0v) is 16.8. The molecule has 2 heterocycles. The highest BCUT2D eigenvalue weighted by Crippen LogP contribution is 2.33. The number of nitrogens with one attached hydrogen (secondary N) is 1. The average molecular weight is 398 g/mol. The quantitative estimate of drug-likeness (QED) is 0.526. The van der Waals surface area contributed by atoms with E-state index in [0.29, 0.717) is 22.3 Å². The molecule has 0 amide bonds.